The van der Waals surface area contributed by atoms with E-state index in [0.29, 0.717) is 17.8 Å². The van der Waals surface area contributed by atoms with Gasteiger partial charge in [0.1, 0.15) is 5.82 Å². The molecule has 1 saturated heterocycles. The third kappa shape index (κ3) is 6.60. The zero-order chi connectivity index (χ0) is 25.8. The highest BCUT2D eigenvalue weighted by Gasteiger charge is 2.20. The van der Waals surface area contributed by atoms with Crippen LogP contribution in [0.15, 0.2) is 77.7 Å². The number of piperazine rings is 1. The van der Waals surface area contributed by atoms with Gasteiger partial charge in [0.15, 0.2) is 5.13 Å². The Kier molecular flexibility index (Phi) is 8.83. The minimum Gasteiger partial charge on any atom is -0.351 e. The molecular formula is C26H27ClFN5O3S2. The standard InChI is InChI=1S/C26H26FN5O3S2.ClH/c27-20-8-11-23-24(18-20)36-26(29-23)32-16-14-31(15-17-32)13-12-28-25(33)19-6-9-21(10-7-19)30-37(34,35)22-4-2-1-3-5-22;/h1-11,18,30H,12-17H2,(H,28,33);1H. The van der Waals surface area contributed by atoms with Gasteiger partial charge in [-0.2, -0.15) is 0 Å². The topological polar surface area (TPSA) is 94.6 Å². The highest BCUT2D eigenvalue weighted by molar-refractivity contribution is 7.92. The summed E-state index contributed by atoms with van der Waals surface area (Å²) in [5.41, 5.74) is 1.66. The fraction of sp³-hybridized carbons (Fsp3) is 0.231. The number of amides is 1. The predicted octanol–water partition coefficient (Wildman–Crippen LogP) is 4.21. The van der Waals surface area contributed by atoms with Crippen molar-refractivity contribution in [1.82, 2.24) is 15.2 Å². The fourth-order valence-electron chi connectivity index (χ4n) is 4.12. The molecule has 2 heterocycles. The van der Waals surface area contributed by atoms with Gasteiger partial charge in [-0.15, -0.1) is 12.4 Å². The van der Waals surface area contributed by atoms with Crippen LogP contribution in [-0.4, -0.2) is 63.5 Å². The van der Waals surface area contributed by atoms with Crippen molar-refractivity contribution < 1.29 is 17.6 Å². The Labute approximate surface area is 230 Å². The number of halogens is 2. The van der Waals surface area contributed by atoms with Crippen LogP contribution in [0.25, 0.3) is 10.2 Å². The fourth-order valence-corrected chi connectivity index (χ4v) is 6.24. The number of nitrogens with zero attached hydrogens (tertiary/aromatic N) is 3. The zero-order valence-electron chi connectivity index (χ0n) is 20.3. The largest absolute Gasteiger partial charge is 0.351 e. The lowest BCUT2D eigenvalue weighted by Crippen LogP contribution is -2.48. The highest BCUT2D eigenvalue weighted by Crippen LogP contribution is 2.29. The molecule has 200 valence electrons. The van der Waals surface area contributed by atoms with Crippen molar-refractivity contribution in [1.29, 1.82) is 0 Å². The van der Waals surface area contributed by atoms with Crippen LogP contribution >= 0.6 is 23.7 Å². The van der Waals surface area contributed by atoms with Gasteiger partial charge in [-0.1, -0.05) is 29.5 Å². The molecule has 8 nitrogen and oxygen atoms in total. The number of carbonyl (C=O) groups is 1. The van der Waals surface area contributed by atoms with Crippen molar-refractivity contribution in [2.45, 2.75) is 4.90 Å². The lowest BCUT2D eigenvalue weighted by atomic mass is 10.2. The molecule has 0 atom stereocenters. The number of sulfonamides is 1. The van der Waals surface area contributed by atoms with Gasteiger partial charge in [0.2, 0.25) is 0 Å². The summed E-state index contributed by atoms with van der Waals surface area (Å²) in [6.45, 7) is 4.54. The third-order valence-electron chi connectivity index (χ3n) is 6.15. The molecule has 1 fully saturated rings. The monoisotopic (exact) mass is 575 g/mol. The molecule has 0 radical (unpaired) electrons. The highest BCUT2D eigenvalue weighted by atomic mass is 35.5. The van der Waals surface area contributed by atoms with Crippen molar-refractivity contribution in [2.75, 3.05) is 48.9 Å². The summed E-state index contributed by atoms with van der Waals surface area (Å²) < 4.78 is 41.7. The third-order valence-corrected chi connectivity index (χ3v) is 8.62. The van der Waals surface area contributed by atoms with E-state index in [0.717, 1.165) is 48.1 Å². The van der Waals surface area contributed by atoms with Crippen LogP contribution in [0.2, 0.25) is 0 Å². The molecule has 4 aromatic rings. The van der Waals surface area contributed by atoms with E-state index < -0.39 is 10.0 Å². The Morgan fingerprint density at radius 1 is 0.974 bits per heavy atom. The van der Waals surface area contributed by atoms with Crippen molar-refractivity contribution in [3.8, 4) is 0 Å². The van der Waals surface area contributed by atoms with Crippen molar-refractivity contribution in [2.24, 2.45) is 0 Å². The number of fused-ring (bicyclic) bond motifs is 1. The Morgan fingerprint density at radius 2 is 1.68 bits per heavy atom. The van der Waals surface area contributed by atoms with Gasteiger partial charge >= 0.3 is 0 Å². The van der Waals surface area contributed by atoms with Crippen LogP contribution < -0.4 is 14.9 Å². The molecule has 0 saturated carbocycles. The molecule has 0 bridgehead atoms. The maximum Gasteiger partial charge on any atom is 0.261 e. The molecule has 1 aliphatic heterocycles. The number of aromatic nitrogens is 1. The van der Waals surface area contributed by atoms with Gasteiger partial charge in [-0.05, 0) is 54.6 Å². The summed E-state index contributed by atoms with van der Waals surface area (Å²) in [5, 5.41) is 3.83. The first-order chi connectivity index (χ1) is 17.9. The molecule has 38 heavy (non-hydrogen) atoms. The summed E-state index contributed by atoms with van der Waals surface area (Å²) >= 11 is 1.50. The SMILES string of the molecule is Cl.O=C(NCCN1CCN(c2nc3ccc(F)cc3s2)CC1)c1ccc(NS(=O)(=O)c2ccccc2)cc1. The maximum absolute atomic E-state index is 13.5. The number of carbonyl (C=O) groups excluding carboxylic acids is 1. The molecule has 1 aliphatic rings. The van der Waals surface area contributed by atoms with Crippen LogP contribution in [0.3, 0.4) is 0 Å². The number of hydrogen-bond acceptors (Lipinski definition) is 7. The first-order valence-electron chi connectivity index (χ1n) is 11.9. The first-order valence-corrected chi connectivity index (χ1v) is 14.2. The summed E-state index contributed by atoms with van der Waals surface area (Å²) in [4.78, 5) is 21.8. The van der Waals surface area contributed by atoms with Crippen LogP contribution in [0.5, 0.6) is 0 Å². The molecule has 1 aromatic heterocycles. The quantitative estimate of drug-likeness (QED) is 0.327. The van der Waals surface area contributed by atoms with Crippen molar-refractivity contribution in [3.63, 3.8) is 0 Å². The summed E-state index contributed by atoms with van der Waals surface area (Å²) in [6, 6.07) is 19.1. The van der Waals surface area contributed by atoms with Gasteiger partial charge < -0.3 is 10.2 Å². The van der Waals surface area contributed by atoms with E-state index in [2.05, 4.69) is 24.8 Å². The minimum absolute atomic E-state index is 0. The second kappa shape index (κ2) is 12.1. The molecule has 12 heteroatoms. The Bertz CT molecular complexity index is 1490. The van der Waals surface area contributed by atoms with Crippen molar-refractivity contribution >= 4 is 60.7 Å². The number of rotatable bonds is 8. The minimum atomic E-state index is -3.68. The Balaban J connectivity index is 0.00000336. The second-order valence-corrected chi connectivity index (χ2v) is 11.4. The molecule has 5 rings (SSSR count). The summed E-state index contributed by atoms with van der Waals surface area (Å²) in [5.74, 6) is -0.462. The van der Waals surface area contributed by atoms with E-state index in [1.54, 1.807) is 48.5 Å². The van der Waals surface area contributed by atoms with E-state index in [9.17, 15) is 17.6 Å². The average Bonchev–Trinajstić information content (AvgIpc) is 3.33. The molecule has 3 aromatic carbocycles. The second-order valence-electron chi connectivity index (χ2n) is 8.69. The van der Waals surface area contributed by atoms with Crippen LogP contribution in [0.1, 0.15) is 10.4 Å². The van der Waals surface area contributed by atoms with Crippen LogP contribution in [0, 0.1) is 5.82 Å². The molecule has 2 N–H and O–H groups in total. The molecule has 0 unspecified atom stereocenters. The number of benzene rings is 3. The zero-order valence-corrected chi connectivity index (χ0v) is 22.8. The van der Waals surface area contributed by atoms with E-state index >= 15 is 0 Å². The Morgan fingerprint density at radius 3 is 2.39 bits per heavy atom. The predicted molar refractivity (Wildman–Crippen MR) is 152 cm³/mol. The molecule has 1 amide bonds. The molecule has 0 aliphatic carbocycles. The van der Waals surface area contributed by atoms with Crippen LogP contribution in [0.4, 0.5) is 15.2 Å². The normalized spacial score (nSPS) is 14.2. The van der Waals surface area contributed by atoms with Crippen molar-refractivity contribution in [3.05, 3.63) is 84.2 Å². The number of anilines is 2. The van der Waals surface area contributed by atoms with Gasteiger partial charge in [0.25, 0.3) is 15.9 Å². The lowest BCUT2D eigenvalue weighted by molar-refractivity contribution is 0.0948. The first kappa shape index (κ1) is 27.8. The smallest absolute Gasteiger partial charge is 0.261 e. The average molecular weight is 576 g/mol. The van der Waals surface area contributed by atoms with Crippen LogP contribution in [-0.2, 0) is 10.0 Å². The van der Waals surface area contributed by atoms with E-state index in [1.807, 2.05) is 0 Å². The molecular weight excluding hydrogens is 549 g/mol. The van der Waals surface area contributed by atoms with Gasteiger partial charge in [-0.3, -0.25) is 14.4 Å². The van der Waals surface area contributed by atoms with E-state index in [1.165, 1.54) is 35.6 Å². The van der Waals surface area contributed by atoms with Gasteiger partial charge in [-0.25, -0.2) is 17.8 Å². The number of hydrogen-bond donors (Lipinski definition) is 2. The van der Waals surface area contributed by atoms with E-state index in [4.69, 9.17) is 0 Å². The van der Waals surface area contributed by atoms with E-state index in [-0.39, 0.29) is 29.0 Å². The summed E-state index contributed by atoms with van der Waals surface area (Å²) in [7, 11) is -3.68. The summed E-state index contributed by atoms with van der Waals surface area (Å²) in [6.07, 6.45) is 0. The molecule has 0 spiro atoms. The maximum atomic E-state index is 13.5. The van der Waals surface area contributed by atoms with Gasteiger partial charge in [0, 0.05) is 50.5 Å². The number of thiazole rings is 1. The lowest BCUT2D eigenvalue weighted by Gasteiger charge is -2.34. The number of nitrogens with one attached hydrogen (secondary N) is 2. The Hall–Kier alpha value is -3.25. The van der Waals surface area contributed by atoms with Gasteiger partial charge in [0.05, 0.1) is 15.1 Å².